The van der Waals surface area contributed by atoms with Gasteiger partial charge in [0.15, 0.2) is 5.69 Å². The summed E-state index contributed by atoms with van der Waals surface area (Å²) in [4.78, 5) is 11.2. The average Bonchev–Trinajstić information content (AvgIpc) is 2.97. The van der Waals surface area contributed by atoms with Crippen LogP contribution in [0.1, 0.15) is 16.2 Å². The van der Waals surface area contributed by atoms with Crippen molar-refractivity contribution in [2.45, 2.75) is 42.2 Å². The van der Waals surface area contributed by atoms with E-state index in [9.17, 15) is 79.4 Å². The number of carbonyl (C=O) groups is 1. The second-order valence-corrected chi connectivity index (χ2v) is 5.42. The third-order valence-corrected chi connectivity index (χ3v) is 3.28. The Balaban J connectivity index is 3.80. The van der Waals surface area contributed by atoms with Gasteiger partial charge in [-0.15, -0.1) is 0 Å². The predicted molar refractivity (Wildman–Crippen MR) is 58.7 cm³/mol. The summed E-state index contributed by atoms with van der Waals surface area (Å²) >= 11 is 0. The van der Waals surface area contributed by atoms with Crippen LogP contribution in [0.15, 0.2) is 6.07 Å². The van der Waals surface area contributed by atoms with Gasteiger partial charge in [-0.05, 0) is 6.07 Å². The minimum Gasteiger partial charge on any atom is -0.265 e. The van der Waals surface area contributed by atoms with Gasteiger partial charge in [0.25, 0.3) is 0 Å². The zero-order chi connectivity index (χ0) is 25.2. The zero-order valence-corrected chi connectivity index (χ0v) is 13.3. The van der Waals surface area contributed by atoms with Crippen LogP contribution >= 0.6 is 0 Å². The highest BCUT2D eigenvalue weighted by Crippen LogP contribution is 2.52. The predicted octanol–water partition coefficient (Wildman–Crippen LogP) is 5.66. The Bertz CT molecular complexity index is 840. The van der Waals surface area contributed by atoms with Crippen LogP contribution in [0.3, 0.4) is 0 Å². The number of halogens is 17. The molecule has 1 heterocycles. The van der Waals surface area contributed by atoms with Crippen molar-refractivity contribution in [1.82, 2.24) is 9.78 Å². The van der Waals surface area contributed by atoms with Gasteiger partial charge in [-0.3, -0.25) is 4.79 Å². The summed E-state index contributed by atoms with van der Waals surface area (Å²) < 4.78 is 213. The monoisotopic (exact) mass is 500 g/mol. The van der Waals surface area contributed by atoms with Crippen molar-refractivity contribution in [3.63, 3.8) is 0 Å². The fourth-order valence-corrected chi connectivity index (χ4v) is 1.68. The van der Waals surface area contributed by atoms with E-state index >= 15 is 0 Å². The van der Waals surface area contributed by atoms with Gasteiger partial charge in [-0.1, -0.05) is 0 Å². The molecule has 0 saturated carbocycles. The molecule has 0 N–H and O–H groups in total. The molecule has 31 heavy (non-hydrogen) atoms. The summed E-state index contributed by atoms with van der Waals surface area (Å²) in [6.45, 7) is 0. The number of carbonyl (C=O) groups excluding carboxylic acids is 1. The maximum atomic E-state index is 13.5. The van der Waals surface area contributed by atoms with Crippen LogP contribution < -0.4 is 0 Å². The molecule has 3 nitrogen and oxygen atoms in total. The highest BCUT2D eigenvalue weighted by Gasteiger charge is 2.78. The van der Waals surface area contributed by atoms with E-state index < -0.39 is 70.3 Å². The molecule has 0 atom stereocenters. The van der Waals surface area contributed by atoms with Crippen molar-refractivity contribution in [1.29, 1.82) is 0 Å². The lowest BCUT2D eigenvalue weighted by Gasteiger charge is -2.27. The van der Waals surface area contributed by atoms with Gasteiger partial charge in [-0.2, -0.15) is 84.4 Å². The molecule has 20 heteroatoms. The second kappa shape index (κ2) is 6.84. The van der Waals surface area contributed by atoms with E-state index in [1.165, 1.54) is 5.10 Å². The SMILES string of the molecule is O=C(n1nc(C(F)(F)C(F)(F)C(F)(F)F)cc1C(F)(F)F)C(F)(F)C(F)(F)C(F)(F)F. The molecular weight excluding hydrogens is 499 g/mol. The molecular formula is C11HF17N2O. The molecule has 1 aromatic heterocycles. The van der Waals surface area contributed by atoms with E-state index in [1.807, 2.05) is 0 Å². The molecule has 0 fully saturated rings. The zero-order valence-electron chi connectivity index (χ0n) is 13.3. The fraction of sp³-hybridized carbons (Fsp3) is 0.636. The Morgan fingerprint density at radius 2 is 1.06 bits per heavy atom. The number of hydrogen-bond acceptors (Lipinski definition) is 2. The first-order valence-corrected chi connectivity index (χ1v) is 6.61. The molecule has 0 bridgehead atoms. The fourth-order valence-electron chi connectivity index (χ4n) is 1.68. The lowest BCUT2D eigenvalue weighted by Crippen LogP contribution is -2.58. The topological polar surface area (TPSA) is 34.9 Å². The minimum absolute atomic E-state index is 1.43. The number of nitrogens with zero attached hydrogens (tertiary/aromatic N) is 2. The lowest BCUT2D eigenvalue weighted by molar-refractivity contribution is -0.360. The first-order chi connectivity index (χ1) is 13.2. The Morgan fingerprint density at radius 1 is 0.677 bits per heavy atom. The Morgan fingerprint density at radius 3 is 1.39 bits per heavy atom. The van der Waals surface area contributed by atoms with Crippen molar-refractivity contribution in [3.05, 3.63) is 17.5 Å². The molecule has 0 saturated heterocycles. The molecule has 0 aromatic carbocycles. The normalized spacial score (nSPS) is 15.4. The average molecular weight is 500 g/mol. The van der Waals surface area contributed by atoms with E-state index in [1.54, 1.807) is 0 Å². The van der Waals surface area contributed by atoms with E-state index in [0.29, 0.717) is 0 Å². The molecule has 0 aliphatic heterocycles. The Kier molecular flexibility index (Phi) is 5.90. The van der Waals surface area contributed by atoms with Crippen molar-refractivity contribution < 1.29 is 79.4 Å². The van der Waals surface area contributed by atoms with Gasteiger partial charge < -0.3 is 0 Å². The van der Waals surface area contributed by atoms with Crippen LogP contribution in [0, 0.1) is 0 Å². The summed E-state index contributed by atoms with van der Waals surface area (Å²) in [6.07, 6.45) is -20.9. The van der Waals surface area contributed by atoms with Gasteiger partial charge in [0, 0.05) is 0 Å². The van der Waals surface area contributed by atoms with Crippen LogP contribution in [-0.4, -0.2) is 45.8 Å². The summed E-state index contributed by atoms with van der Waals surface area (Å²) in [5.41, 5.74) is -6.76. The molecule has 180 valence electrons. The van der Waals surface area contributed by atoms with Gasteiger partial charge in [0.1, 0.15) is 5.69 Å². The molecule has 1 rings (SSSR count). The summed E-state index contributed by atoms with van der Waals surface area (Å²) in [5, 5.41) is 1.43. The highest BCUT2D eigenvalue weighted by molar-refractivity contribution is 5.87. The van der Waals surface area contributed by atoms with Gasteiger partial charge in [0.05, 0.1) is 0 Å². The quantitative estimate of drug-likeness (QED) is 0.501. The Hall–Kier alpha value is -2.31. The third kappa shape index (κ3) is 3.99. The van der Waals surface area contributed by atoms with Crippen LogP contribution in [-0.2, 0) is 12.1 Å². The smallest absolute Gasteiger partial charge is 0.265 e. The van der Waals surface area contributed by atoms with Crippen LogP contribution in [0.2, 0.25) is 0 Å². The number of aromatic nitrogens is 2. The van der Waals surface area contributed by atoms with E-state index in [0.717, 1.165) is 0 Å². The summed E-state index contributed by atoms with van der Waals surface area (Å²) in [6, 6.07) is -1.53. The largest absolute Gasteiger partial charge is 0.460 e. The molecule has 0 aliphatic rings. The lowest BCUT2D eigenvalue weighted by atomic mass is 10.1. The first-order valence-electron chi connectivity index (χ1n) is 6.61. The maximum Gasteiger partial charge on any atom is 0.460 e. The number of hydrogen-bond donors (Lipinski definition) is 0. The molecule has 0 radical (unpaired) electrons. The maximum absolute atomic E-state index is 13.5. The number of alkyl halides is 17. The van der Waals surface area contributed by atoms with Crippen molar-refractivity contribution >= 4 is 5.91 Å². The van der Waals surface area contributed by atoms with Gasteiger partial charge >= 0.3 is 48.1 Å². The van der Waals surface area contributed by atoms with Crippen molar-refractivity contribution in [2.24, 2.45) is 0 Å². The molecule has 1 aromatic rings. The standard InChI is InChI=1S/C11HF17N2O/c12-5(13,8(19,20)10(23,24)25)2-1-3(7(16,17)18)30(29-2)4(31)6(14,15)9(21,22)11(26,27)28/h1H. The highest BCUT2D eigenvalue weighted by atomic mass is 19.4. The molecule has 0 unspecified atom stereocenters. The molecule has 0 spiro atoms. The summed E-state index contributed by atoms with van der Waals surface area (Å²) in [7, 11) is 0. The van der Waals surface area contributed by atoms with Crippen molar-refractivity contribution in [2.75, 3.05) is 0 Å². The van der Waals surface area contributed by atoms with E-state index in [2.05, 4.69) is 0 Å². The first kappa shape index (κ1) is 26.7. The van der Waals surface area contributed by atoms with E-state index in [4.69, 9.17) is 0 Å². The van der Waals surface area contributed by atoms with Crippen molar-refractivity contribution in [3.8, 4) is 0 Å². The second-order valence-electron chi connectivity index (χ2n) is 5.42. The van der Waals surface area contributed by atoms with E-state index in [-0.39, 0.29) is 0 Å². The van der Waals surface area contributed by atoms with Crippen LogP contribution in [0.25, 0.3) is 0 Å². The van der Waals surface area contributed by atoms with Gasteiger partial charge in [-0.25, -0.2) is 0 Å². The Labute approximate surface area is 156 Å². The van der Waals surface area contributed by atoms with Crippen LogP contribution in [0.5, 0.6) is 0 Å². The third-order valence-electron chi connectivity index (χ3n) is 3.28. The summed E-state index contributed by atoms with van der Waals surface area (Å²) in [5.74, 6) is -33.0. The minimum atomic E-state index is -7.44. The molecule has 0 amide bonds. The van der Waals surface area contributed by atoms with Gasteiger partial charge in [0.2, 0.25) is 0 Å². The van der Waals surface area contributed by atoms with Crippen LogP contribution in [0.4, 0.5) is 74.6 Å². The molecule has 0 aliphatic carbocycles. The number of rotatable bonds is 4.